The Morgan fingerprint density at radius 3 is 2.22 bits per heavy atom. The van der Waals surface area contributed by atoms with Crippen molar-refractivity contribution < 1.29 is 27.9 Å². The fourth-order valence-corrected chi connectivity index (χ4v) is 2.53. The molecule has 0 radical (unpaired) electrons. The number of hydrogen-bond donors (Lipinski definition) is 3. The summed E-state index contributed by atoms with van der Waals surface area (Å²) in [4.78, 5) is 32.6. The molecule has 0 fully saturated rings. The third-order valence-corrected chi connectivity index (χ3v) is 3.36. The summed E-state index contributed by atoms with van der Waals surface area (Å²) < 4.78 is 23.1. The first-order valence-corrected chi connectivity index (χ1v) is 6.97. The molecule has 0 bridgehead atoms. The molecule has 9 heteroatoms. The molecule has 3 N–H and O–H groups in total. The van der Waals surface area contributed by atoms with E-state index in [0.29, 0.717) is 0 Å². The lowest BCUT2D eigenvalue weighted by atomic mass is 10.3. The minimum Gasteiger partial charge on any atom is -0.480 e. The molecule has 0 aromatic carbocycles. The number of nitrogens with one attached hydrogen (secondary N) is 2. The van der Waals surface area contributed by atoms with Crippen molar-refractivity contribution in [1.29, 1.82) is 0 Å². The van der Waals surface area contributed by atoms with Crippen LogP contribution in [0.1, 0.15) is 13.8 Å². The van der Waals surface area contributed by atoms with E-state index >= 15 is 0 Å². The molecule has 0 aromatic heterocycles. The molecule has 0 saturated carbocycles. The van der Waals surface area contributed by atoms with Gasteiger partial charge in [-0.2, -0.15) is 0 Å². The molecule has 18 heavy (non-hydrogen) atoms. The van der Waals surface area contributed by atoms with Crippen molar-refractivity contribution in [3.05, 3.63) is 0 Å². The van der Waals surface area contributed by atoms with Crippen LogP contribution in [-0.2, 0) is 24.2 Å². The summed E-state index contributed by atoms with van der Waals surface area (Å²) in [6.45, 7) is 2.98. The highest BCUT2D eigenvalue weighted by Gasteiger charge is 2.27. The SMILES string of the molecule is CCNC(=O)CS(=O)(=O)C[C@H](NC(C)=O)C(=O)O. The maximum atomic E-state index is 11.5. The first-order valence-electron chi connectivity index (χ1n) is 5.15. The van der Waals surface area contributed by atoms with Crippen LogP contribution in [0, 0.1) is 0 Å². The zero-order valence-electron chi connectivity index (χ0n) is 10.1. The van der Waals surface area contributed by atoms with Crippen molar-refractivity contribution in [3.63, 3.8) is 0 Å². The Hall–Kier alpha value is -1.64. The van der Waals surface area contributed by atoms with E-state index in [1.54, 1.807) is 6.92 Å². The monoisotopic (exact) mass is 280 g/mol. The van der Waals surface area contributed by atoms with Gasteiger partial charge in [-0.25, -0.2) is 13.2 Å². The van der Waals surface area contributed by atoms with Crippen LogP contribution >= 0.6 is 0 Å². The Morgan fingerprint density at radius 2 is 1.83 bits per heavy atom. The molecule has 0 aliphatic rings. The van der Waals surface area contributed by atoms with Gasteiger partial charge in [0.25, 0.3) is 0 Å². The maximum Gasteiger partial charge on any atom is 0.327 e. The number of aliphatic carboxylic acids is 1. The molecule has 0 aliphatic carbocycles. The van der Waals surface area contributed by atoms with Crippen LogP contribution in [-0.4, -0.2) is 55.4 Å². The van der Waals surface area contributed by atoms with Crippen molar-refractivity contribution >= 4 is 27.6 Å². The number of carbonyl (C=O) groups excluding carboxylic acids is 2. The van der Waals surface area contributed by atoms with Crippen molar-refractivity contribution in [1.82, 2.24) is 10.6 Å². The Balaban J connectivity index is 4.66. The second-order valence-corrected chi connectivity index (χ2v) is 5.71. The van der Waals surface area contributed by atoms with Gasteiger partial charge in [0.1, 0.15) is 11.8 Å². The van der Waals surface area contributed by atoms with E-state index in [9.17, 15) is 22.8 Å². The van der Waals surface area contributed by atoms with Crippen molar-refractivity contribution in [2.45, 2.75) is 19.9 Å². The molecule has 1 atom stereocenters. The minimum atomic E-state index is -3.90. The number of hydrogen-bond acceptors (Lipinski definition) is 5. The molecule has 0 rings (SSSR count). The van der Waals surface area contributed by atoms with Gasteiger partial charge in [0, 0.05) is 13.5 Å². The number of carbonyl (C=O) groups is 3. The Bertz CT molecular complexity index is 430. The summed E-state index contributed by atoms with van der Waals surface area (Å²) in [5, 5.41) is 13.0. The van der Waals surface area contributed by atoms with Gasteiger partial charge in [-0.1, -0.05) is 0 Å². The largest absolute Gasteiger partial charge is 0.480 e. The lowest BCUT2D eigenvalue weighted by molar-refractivity contribution is -0.140. The fraction of sp³-hybridized carbons (Fsp3) is 0.667. The fourth-order valence-electron chi connectivity index (χ4n) is 1.18. The Labute approximate surface area is 105 Å². The predicted molar refractivity (Wildman–Crippen MR) is 62.6 cm³/mol. The number of carboxylic acid groups (broad SMARTS) is 1. The van der Waals surface area contributed by atoms with Gasteiger partial charge in [0.15, 0.2) is 9.84 Å². The molecule has 0 heterocycles. The van der Waals surface area contributed by atoms with Crippen LogP contribution in [0.15, 0.2) is 0 Å². The van der Waals surface area contributed by atoms with Crippen LogP contribution in [0.4, 0.5) is 0 Å². The smallest absolute Gasteiger partial charge is 0.327 e. The molecular formula is C9H16N2O6S. The molecule has 0 aliphatic heterocycles. The van der Waals surface area contributed by atoms with Crippen molar-refractivity contribution in [3.8, 4) is 0 Å². The molecule has 8 nitrogen and oxygen atoms in total. The third-order valence-electron chi connectivity index (χ3n) is 1.82. The minimum absolute atomic E-state index is 0.280. The predicted octanol–water partition coefficient (Wildman–Crippen LogP) is -1.87. The molecule has 0 spiro atoms. The second kappa shape index (κ2) is 6.94. The topological polar surface area (TPSA) is 130 Å². The van der Waals surface area contributed by atoms with Gasteiger partial charge in [-0.05, 0) is 6.92 Å². The Kier molecular flexibility index (Phi) is 6.31. The Morgan fingerprint density at radius 1 is 1.28 bits per heavy atom. The van der Waals surface area contributed by atoms with E-state index in [-0.39, 0.29) is 6.54 Å². The van der Waals surface area contributed by atoms with Gasteiger partial charge in [-0.15, -0.1) is 0 Å². The average Bonchev–Trinajstić information content (AvgIpc) is 2.14. The molecular weight excluding hydrogens is 264 g/mol. The number of amides is 2. The zero-order chi connectivity index (χ0) is 14.3. The highest BCUT2D eigenvalue weighted by atomic mass is 32.2. The summed E-state index contributed by atoms with van der Waals surface area (Å²) in [5.41, 5.74) is 0. The van der Waals surface area contributed by atoms with E-state index in [0.717, 1.165) is 6.92 Å². The van der Waals surface area contributed by atoms with Gasteiger partial charge < -0.3 is 15.7 Å². The normalized spacial score (nSPS) is 12.6. The number of rotatable bonds is 7. The average molecular weight is 280 g/mol. The highest BCUT2D eigenvalue weighted by molar-refractivity contribution is 7.92. The molecule has 0 saturated heterocycles. The van der Waals surface area contributed by atoms with Crippen molar-refractivity contribution in [2.24, 2.45) is 0 Å². The lowest BCUT2D eigenvalue weighted by Gasteiger charge is -2.13. The first kappa shape index (κ1) is 16.4. The van der Waals surface area contributed by atoms with Crippen LogP contribution in [0.3, 0.4) is 0 Å². The number of sulfone groups is 1. The summed E-state index contributed by atoms with van der Waals surface area (Å²) >= 11 is 0. The summed E-state index contributed by atoms with van der Waals surface area (Å²) in [5.74, 6) is -4.45. The second-order valence-electron chi connectivity index (χ2n) is 3.60. The van der Waals surface area contributed by atoms with Gasteiger partial charge in [0.05, 0.1) is 5.75 Å². The van der Waals surface area contributed by atoms with Gasteiger partial charge in [-0.3, -0.25) is 9.59 Å². The molecule has 104 valence electrons. The molecule has 0 aromatic rings. The quantitative estimate of drug-likeness (QED) is 0.501. The van der Waals surface area contributed by atoms with E-state index in [1.807, 2.05) is 5.32 Å². The van der Waals surface area contributed by atoms with Crippen LogP contribution in [0.25, 0.3) is 0 Å². The molecule has 2 amide bonds. The van der Waals surface area contributed by atoms with Crippen molar-refractivity contribution in [2.75, 3.05) is 18.1 Å². The maximum absolute atomic E-state index is 11.5. The zero-order valence-corrected chi connectivity index (χ0v) is 10.9. The standard InChI is InChI=1S/C9H16N2O6S/c1-3-10-8(13)5-18(16,17)4-7(9(14)15)11-6(2)12/h7H,3-5H2,1-2H3,(H,10,13)(H,11,12)(H,14,15)/t7-/m0/s1. The third kappa shape index (κ3) is 6.84. The van der Waals surface area contributed by atoms with Crippen LogP contribution in [0.5, 0.6) is 0 Å². The summed E-state index contributed by atoms with van der Waals surface area (Å²) in [6, 6.07) is -1.55. The van der Waals surface area contributed by atoms with Gasteiger partial charge >= 0.3 is 5.97 Å². The highest BCUT2D eigenvalue weighted by Crippen LogP contribution is 1.97. The van der Waals surface area contributed by atoms with E-state index in [4.69, 9.17) is 5.11 Å². The van der Waals surface area contributed by atoms with Crippen LogP contribution < -0.4 is 10.6 Å². The van der Waals surface area contributed by atoms with E-state index < -0.39 is 45.2 Å². The summed E-state index contributed by atoms with van der Waals surface area (Å²) in [7, 11) is -3.90. The molecule has 0 unspecified atom stereocenters. The number of carboxylic acids is 1. The van der Waals surface area contributed by atoms with E-state index in [1.165, 1.54) is 0 Å². The van der Waals surface area contributed by atoms with E-state index in [2.05, 4.69) is 5.32 Å². The van der Waals surface area contributed by atoms with Crippen LogP contribution in [0.2, 0.25) is 0 Å². The lowest BCUT2D eigenvalue weighted by Crippen LogP contribution is -2.46. The van der Waals surface area contributed by atoms with Gasteiger partial charge in [0.2, 0.25) is 11.8 Å². The first-order chi connectivity index (χ1) is 8.18. The summed E-state index contributed by atoms with van der Waals surface area (Å²) in [6.07, 6.45) is 0.